The van der Waals surface area contributed by atoms with E-state index in [1.165, 1.54) is 12.4 Å². The number of halogens is 6. The summed E-state index contributed by atoms with van der Waals surface area (Å²) >= 11 is 0.661. The Bertz CT molecular complexity index is 1640. The summed E-state index contributed by atoms with van der Waals surface area (Å²) in [6.07, 6.45) is -4.43. The number of ether oxygens (including phenoxy) is 2. The lowest BCUT2D eigenvalue weighted by Crippen LogP contribution is -2.58. The molecule has 2 fully saturated rings. The number of aromatic nitrogens is 4. The minimum atomic E-state index is -1.67. The van der Waals surface area contributed by atoms with Crippen molar-refractivity contribution in [2.45, 2.75) is 59.6 Å². The van der Waals surface area contributed by atoms with E-state index in [2.05, 4.69) is 10.2 Å². The highest BCUT2D eigenvalue weighted by Crippen LogP contribution is 2.42. The second-order valence-electron chi connectivity index (χ2n) is 11.5. The molecule has 4 aromatic rings. The summed E-state index contributed by atoms with van der Waals surface area (Å²) in [5.41, 5.74) is -2.78. The standard InChI is InChI=1S/C30H28F6N4O8S/c31-15-1-11(2-16(32)21(15)35)13-5-37-39(7-13)23-25(43)19(9-41)47-29(27(23)45)49-30-28(46)24(26(44)20(10-42)48-30)40-8-14(6-38-40)12-3-17(33)22(36)18(34)4-12/h1-8,19-20,23-30,41-46H,9-10H2/t19-,20?,23?,24?,25?,26+,27-,28?,29+,30+/m1/s1. The maximum Gasteiger partial charge on any atom is 0.194 e. The minimum Gasteiger partial charge on any atom is -0.394 e. The van der Waals surface area contributed by atoms with Crippen LogP contribution in [0.2, 0.25) is 0 Å². The van der Waals surface area contributed by atoms with E-state index in [-0.39, 0.29) is 22.3 Å². The van der Waals surface area contributed by atoms with Crippen LogP contribution in [0.1, 0.15) is 12.1 Å². The van der Waals surface area contributed by atoms with Crippen LogP contribution in [0.15, 0.2) is 49.1 Å². The number of hydrogen-bond acceptors (Lipinski definition) is 11. The number of aliphatic hydroxyl groups excluding tert-OH is 6. The molecule has 6 rings (SSSR count). The molecule has 6 N–H and O–H groups in total. The molecule has 0 radical (unpaired) electrons. The third-order valence-electron chi connectivity index (χ3n) is 8.41. The van der Waals surface area contributed by atoms with E-state index in [1.54, 1.807) is 0 Å². The summed E-state index contributed by atoms with van der Waals surface area (Å²) in [4.78, 5) is 0. The third-order valence-corrected chi connectivity index (χ3v) is 9.73. The highest BCUT2D eigenvalue weighted by Gasteiger charge is 2.51. The van der Waals surface area contributed by atoms with Crippen LogP contribution in [0.5, 0.6) is 0 Å². The lowest BCUT2D eigenvalue weighted by Gasteiger charge is -2.46. The molecule has 0 amide bonds. The number of benzene rings is 2. The number of thioether (sulfide) groups is 1. The van der Waals surface area contributed by atoms with Crippen molar-refractivity contribution < 1.29 is 66.5 Å². The molecule has 0 bridgehead atoms. The molecule has 10 atom stereocenters. The predicted octanol–water partition coefficient (Wildman–Crippen LogP) is 1.64. The number of rotatable bonds is 8. The van der Waals surface area contributed by atoms with Gasteiger partial charge in [-0.15, -0.1) is 0 Å². The Morgan fingerprint density at radius 3 is 1.24 bits per heavy atom. The second-order valence-corrected chi connectivity index (χ2v) is 12.7. The lowest BCUT2D eigenvalue weighted by atomic mass is 9.97. The van der Waals surface area contributed by atoms with Crippen LogP contribution in [0.3, 0.4) is 0 Å². The largest absolute Gasteiger partial charge is 0.394 e. The lowest BCUT2D eigenvalue weighted by molar-refractivity contribution is -0.188. The molecule has 5 unspecified atom stereocenters. The van der Waals surface area contributed by atoms with Crippen LogP contribution in [-0.4, -0.2) is 111 Å². The zero-order valence-corrected chi connectivity index (χ0v) is 25.6. The van der Waals surface area contributed by atoms with E-state index in [1.807, 2.05) is 0 Å². The molecule has 2 aliphatic rings. The number of hydrogen-bond donors (Lipinski definition) is 6. The van der Waals surface area contributed by atoms with Gasteiger partial charge in [-0.05, 0) is 35.4 Å². The van der Waals surface area contributed by atoms with Gasteiger partial charge in [-0.3, -0.25) is 9.36 Å². The fraction of sp³-hybridized carbons (Fsp3) is 0.400. The highest BCUT2D eigenvalue weighted by molar-refractivity contribution is 8.00. The molecule has 12 nitrogen and oxygen atoms in total. The first-order chi connectivity index (χ1) is 23.3. The fourth-order valence-corrected chi connectivity index (χ4v) is 7.18. The zero-order valence-electron chi connectivity index (χ0n) is 24.8. The van der Waals surface area contributed by atoms with E-state index in [0.717, 1.165) is 46.0 Å². The van der Waals surface area contributed by atoms with E-state index in [4.69, 9.17) is 9.47 Å². The van der Waals surface area contributed by atoms with Gasteiger partial charge in [0.05, 0.1) is 25.6 Å². The summed E-state index contributed by atoms with van der Waals surface area (Å²) in [6, 6.07) is 0.217. The summed E-state index contributed by atoms with van der Waals surface area (Å²) in [6.45, 7) is -1.50. The molecule has 4 heterocycles. The maximum atomic E-state index is 13.9. The van der Waals surface area contributed by atoms with Crippen LogP contribution in [0, 0.1) is 34.9 Å². The van der Waals surface area contributed by atoms with Crippen LogP contribution in [0.25, 0.3) is 22.3 Å². The first kappa shape index (κ1) is 35.3. The Labute approximate surface area is 276 Å². The predicted molar refractivity (Wildman–Crippen MR) is 156 cm³/mol. The van der Waals surface area contributed by atoms with Crippen molar-refractivity contribution >= 4 is 11.8 Å². The van der Waals surface area contributed by atoms with Gasteiger partial charge >= 0.3 is 0 Å². The Morgan fingerprint density at radius 2 is 0.918 bits per heavy atom. The van der Waals surface area contributed by atoms with Gasteiger partial charge in [0.25, 0.3) is 0 Å². The summed E-state index contributed by atoms with van der Waals surface area (Å²) in [7, 11) is 0. The topological polar surface area (TPSA) is 175 Å². The van der Waals surface area contributed by atoms with Crippen LogP contribution < -0.4 is 0 Å². The van der Waals surface area contributed by atoms with Gasteiger partial charge in [-0.2, -0.15) is 10.2 Å². The molecule has 0 aliphatic carbocycles. The normalized spacial score (nSPS) is 30.5. The second kappa shape index (κ2) is 14.0. The van der Waals surface area contributed by atoms with E-state index in [9.17, 15) is 57.0 Å². The Hall–Kier alpha value is -3.53. The minimum absolute atomic E-state index is 0.0896. The summed E-state index contributed by atoms with van der Waals surface area (Å²) < 4.78 is 96.0. The maximum absolute atomic E-state index is 13.9. The Balaban J connectivity index is 1.26. The molecule has 2 aliphatic heterocycles. The number of aliphatic hydroxyl groups is 6. The average Bonchev–Trinajstić information content (AvgIpc) is 3.76. The fourth-order valence-electron chi connectivity index (χ4n) is 5.86. The molecule has 264 valence electrons. The van der Waals surface area contributed by atoms with Gasteiger partial charge in [0.1, 0.15) is 59.6 Å². The van der Waals surface area contributed by atoms with Crippen molar-refractivity contribution in [1.29, 1.82) is 0 Å². The average molecular weight is 719 g/mol. The number of nitrogens with zero attached hydrogens (tertiary/aromatic N) is 4. The van der Waals surface area contributed by atoms with Gasteiger partial charge in [0, 0.05) is 23.5 Å². The third kappa shape index (κ3) is 6.57. The molecular formula is C30H28F6N4O8S. The van der Waals surface area contributed by atoms with Gasteiger partial charge in [0.2, 0.25) is 0 Å². The van der Waals surface area contributed by atoms with E-state index < -0.39 is 108 Å². The Morgan fingerprint density at radius 1 is 0.571 bits per heavy atom. The monoisotopic (exact) mass is 718 g/mol. The van der Waals surface area contributed by atoms with Crippen molar-refractivity contribution in [1.82, 2.24) is 19.6 Å². The molecule has 0 saturated carbocycles. The van der Waals surface area contributed by atoms with Crippen molar-refractivity contribution in [2.24, 2.45) is 0 Å². The van der Waals surface area contributed by atoms with Crippen molar-refractivity contribution in [2.75, 3.05) is 13.2 Å². The molecule has 19 heteroatoms. The van der Waals surface area contributed by atoms with Crippen molar-refractivity contribution in [3.63, 3.8) is 0 Å². The van der Waals surface area contributed by atoms with Gasteiger partial charge in [-0.25, -0.2) is 26.3 Å². The van der Waals surface area contributed by atoms with Crippen molar-refractivity contribution in [3.8, 4) is 22.3 Å². The van der Waals surface area contributed by atoms with Crippen LogP contribution in [0.4, 0.5) is 26.3 Å². The van der Waals surface area contributed by atoms with Crippen molar-refractivity contribution in [3.05, 3.63) is 84.0 Å². The summed E-state index contributed by atoms with van der Waals surface area (Å²) in [5.74, 6) is -9.16. The SMILES string of the molecule is OCC1O[C@@H](S[C@@H]2O[C@H](CO)C(O)C(n3cc(-c4cc(F)c(F)c(F)c4)cn3)[C@H]2O)C(O)C(n2cc(-c3cc(F)c(F)c(F)c3)cn2)[C@H]1O. The first-order valence-corrected chi connectivity index (χ1v) is 15.6. The van der Waals surface area contributed by atoms with E-state index >= 15 is 0 Å². The first-order valence-electron chi connectivity index (χ1n) is 14.6. The van der Waals surface area contributed by atoms with Crippen LogP contribution in [-0.2, 0) is 9.47 Å². The molecule has 0 spiro atoms. The molecule has 2 aromatic carbocycles. The smallest absolute Gasteiger partial charge is 0.194 e. The van der Waals surface area contributed by atoms with E-state index in [0.29, 0.717) is 11.8 Å². The van der Waals surface area contributed by atoms with Gasteiger partial charge in [-0.1, -0.05) is 11.8 Å². The van der Waals surface area contributed by atoms with Crippen LogP contribution >= 0.6 is 11.8 Å². The quantitative estimate of drug-likeness (QED) is 0.116. The van der Waals surface area contributed by atoms with Gasteiger partial charge < -0.3 is 40.1 Å². The molecule has 2 saturated heterocycles. The molecule has 2 aromatic heterocycles. The highest BCUT2D eigenvalue weighted by atomic mass is 32.2. The zero-order chi connectivity index (χ0) is 35.3. The Kier molecular flexibility index (Phi) is 10.1. The molecular weight excluding hydrogens is 690 g/mol. The van der Waals surface area contributed by atoms with Gasteiger partial charge in [0.15, 0.2) is 34.9 Å². The summed E-state index contributed by atoms with van der Waals surface area (Å²) in [5, 5.41) is 72.8. The molecule has 49 heavy (non-hydrogen) atoms.